The Morgan fingerprint density at radius 2 is 0.717 bits per heavy atom. The highest BCUT2D eigenvalue weighted by Gasteiger charge is 2.16. The number of rotatable bonds is 46. The maximum absolute atomic E-state index is 12.2. The third kappa shape index (κ3) is 48.0. The minimum absolute atomic E-state index is 0.0634. The van der Waals surface area contributed by atoms with E-state index in [0.717, 1.165) is 77.0 Å². The smallest absolute Gasteiger partial charge is 0.306 e. The van der Waals surface area contributed by atoms with Crippen LogP contribution >= 0.6 is 0 Å². The van der Waals surface area contributed by atoms with E-state index in [1.807, 2.05) is 0 Å². The first kappa shape index (κ1) is 57.3. The van der Waals surface area contributed by atoms with Crippen molar-refractivity contribution in [3.8, 4) is 0 Å². The van der Waals surface area contributed by atoms with Gasteiger partial charge in [-0.1, -0.05) is 241 Å². The molecule has 5 heteroatoms. The average molecular weight is 837 g/mol. The van der Waals surface area contributed by atoms with Crippen LogP contribution in [-0.2, 0) is 19.1 Å². The molecule has 0 aromatic carbocycles. The summed E-state index contributed by atoms with van der Waals surface area (Å²) in [4.78, 5) is 24.2. The quantitative estimate of drug-likeness (QED) is 0.0376. The minimum atomic E-state index is -0.767. The van der Waals surface area contributed by atoms with E-state index >= 15 is 0 Å². The molecule has 0 aromatic rings. The highest BCUT2D eigenvalue weighted by atomic mass is 16.6. The molecule has 346 valence electrons. The lowest BCUT2D eigenvalue weighted by Crippen LogP contribution is -2.28. The zero-order valence-electron chi connectivity index (χ0n) is 39.5. The van der Waals surface area contributed by atoms with Crippen LogP contribution in [0.1, 0.15) is 245 Å². The lowest BCUT2D eigenvalue weighted by molar-refractivity contribution is -0.161. The predicted molar refractivity (Wildman–Crippen MR) is 260 cm³/mol. The zero-order chi connectivity index (χ0) is 43.5. The predicted octanol–water partition coefficient (Wildman–Crippen LogP) is 16.9. The van der Waals surface area contributed by atoms with Gasteiger partial charge in [0.05, 0.1) is 6.61 Å². The number of ether oxygens (including phenoxy) is 2. The number of hydrogen-bond acceptors (Lipinski definition) is 5. The molecule has 5 nitrogen and oxygen atoms in total. The maximum atomic E-state index is 12.2. The van der Waals surface area contributed by atoms with E-state index in [4.69, 9.17) is 9.47 Å². The molecule has 0 rings (SSSR count). The molecule has 0 amide bonds. The van der Waals surface area contributed by atoms with Crippen LogP contribution in [0.3, 0.4) is 0 Å². The molecule has 60 heavy (non-hydrogen) atoms. The highest BCUT2D eigenvalue weighted by Crippen LogP contribution is 2.16. The monoisotopic (exact) mass is 837 g/mol. The second kappa shape index (κ2) is 50.7. The fourth-order valence-corrected chi connectivity index (χ4v) is 7.21. The summed E-state index contributed by atoms with van der Waals surface area (Å²) in [5, 5.41) is 9.54. The molecule has 0 aliphatic heterocycles. The topological polar surface area (TPSA) is 72.8 Å². The fourth-order valence-electron chi connectivity index (χ4n) is 7.21. The van der Waals surface area contributed by atoms with Gasteiger partial charge in [-0.3, -0.25) is 9.59 Å². The van der Waals surface area contributed by atoms with Gasteiger partial charge in [0.1, 0.15) is 6.61 Å². The summed E-state index contributed by atoms with van der Waals surface area (Å²) in [7, 11) is 0. The van der Waals surface area contributed by atoms with Crippen LogP contribution in [0.25, 0.3) is 0 Å². The van der Waals surface area contributed by atoms with Gasteiger partial charge < -0.3 is 14.6 Å². The van der Waals surface area contributed by atoms with Crippen molar-refractivity contribution >= 4 is 11.9 Å². The average Bonchev–Trinajstić information content (AvgIpc) is 3.25. The zero-order valence-corrected chi connectivity index (χ0v) is 39.5. The molecule has 0 saturated heterocycles. The van der Waals surface area contributed by atoms with Crippen molar-refractivity contribution in [2.45, 2.75) is 251 Å². The Morgan fingerprint density at radius 1 is 0.400 bits per heavy atom. The standard InChI is InChI=1S/C55H96O5/c1-3-5-7-9-11-12-13-14-15-16-17-18-19-20-21-22-23-24-25-26-27-28-29-30-31-32-33-34-35-36-37-38-39-40-41-42-44-46-48-50-55(58)60-53(51-56)52-59-54(57)49-47-45-43-10-8-6-4-2/h5,7,11-12,14-15,17-18,20-21,23-24,53,56H,3-4,6,8-10,13,16,19,22,25-52H2,1-2H3/b7-5-,12-11-,15-14-,18-17-,21-20-,24-23-. The normalized spacial score (nSPS) is 12.8. The summed E-state index contributed by atoms with van der Waals surface area (Å²) in [5.74, 6) is -0.591. The Bertz CT molecular complexity index is 1080. The minimum Gasteiger partial charge on any atom is -0.462 e. The SMILES string of the molecule is CC/C=C\C/C=C\C/C=C\C/C=C\C/C=C\C/C=C\CCCCCCCCCCCCCCCCCCCCCCC(=O)OC(CO)COC(=O)CCCCCCCCC. The van der Waals surface area contributed by atoms with Crippen molar-refractivity contribution in [1.29, 1.82) is 0 Å². The Labute approximate surface area is 372 Å². The first-order valence-corrected chi connectivity index (χ1v) is 25.5. The van der Waals surface area contributed by atoms with Crippen LogP contribution in [0.15, 0.2) is 72.9 Å². The van der Waals surface area contributed by atoms with Gasteiger partial charge in [0.15, 0.2) is 6.10 Å². The summed E-state index contributed by atoms with van der Waals surface area (Å²) >= 11 is 0. The van der Waals surface area contributed by atoms with Gasteiger partial charge in [0, 0.05) is 12.8 Å². The highest BCUT2D eigenvalue weighted by molar-refractivity contribution is 5.70. The third-order valence-corrected chi connectivity index (χ3v) is 11.0. The Kier molecular flexibility index (Phi) is 48.4. The molecule has 0 spiro atoms. The van der Waals surface area contributed by atoms with Crippen LogP contribution in [0.2, 0.25) is 0 Å². The van der Waals surface area contributed by atoms with E-state index in [2.05, 4.69) is 86.8 Å². The van der Waals surface area contributed by atoms with Crippen LogP contribution in [0, 0.1) is 0 Å². The largest absolute Gasteiger partial charge is 0.462 e. The number of unbranched alkanes of at least 4 members (excludes halogenated alkanes) is 26. The number of aliphatic hydroxyl groups is 1. The summed E-state index contributed by atoms with van der Waals surface area (Å²) < 4.78 is 10.6. The Hall–Kier alpha value is -2.66. The number of hydrogen-bond donors (Lipinski definition) is 1. The van der Waals surface area contributed by atoms with Gasteiger partial charge in [-0.15, -0.1) is 0 Å². The van der Waals surface area contributed by atoms with E-state index in [-0.39, 0.29) is 25.2 Å². The van der Waals surface area contributed by atoms with E-state index in [1.165, 1.54) is 141 Å². The van der Waals surface area contributed by atoms with Crippen LogP contribution in [0.4, 0.5) is 0 Å². The van der Waals surface area contributed by atoms with Crippen LogP contribution < -0.4 is 0 Å². The molecule has 0 radical (unpaired) electrons. The molecule has 1 N–H and O–H groups in total. The van der Waals surface area contributed by atoms with E-state index in [0.29, 0.717) is 12.8 Å². The third-order valence-electron chi connectivity index (χ3n) is 11.0. The maximum Gasteiger partial charge on any atom is 0.306 e. The van der Waals surface area contributed by atoms with Crippen molar-refractivity contribution in [2.75, 3.05) is 13.2 Å². The molecule has 0 bridgehead atoms. The van der Waals surface area contributed by atoms with E-state index < -0.39 is 6.10 Å². The van der Waals surface area contributed by atoms with Gasteiger partial charge in [-0.25, -0.2) is 0 Å². The van der Waals surface area contributed by atoms with Crippen LogP contribution in [0.5, 0.6) is 0 Å². The van der Waals surface area contributed by atoms with Crippen molar-refractivity contribution in [2.24, 2.45) is 0 Å². The molecule has 0 fully saturated rings. The van der Waals surface area contributed by atoms with Gasteiger partial charge in [-0.2, -0.15) is 0 Å². The molecule has 0 aliphatic rings. The molecule has 0 aliphatic carbocycles. The molecule has 0 saturated carbocycles. The lowest BCUT2D eigenvalue weighted by atomic mass is 10.0. The second-order valence-corrected chi connectivity index (χ2v) is 16.9. The second-order valence-electron chi connectivity index (χ2n) is 16.9. The Morgan fingerprint density at radius 3 is 1.08 bits per heavy atom. The summed E-state index contributed by atoms with van der Waals surface area (Å²) in [5.41, 5.74) is 0. The summed E-state index contributed by atoms with van der Waals surface area (Å²) in [6.45, 7) is 3.98. The number of allylic oxidation sites excluding steroid dienone is 12. The van der Waals surface area contributed by atoms with Gasteiger partial charge in [0.25, 0.3) is 0 Å². The van der Waals surface area contributed by atoms with Crippen molar-refractivity contribution in [1.82, 2.24) is 0 Å². The lowest BCUT2D eigenvalue weighted by Gasteiger charge is -2.15. The van der Waals surface area contributed by atoms with E-state index in [9.17, 15) is 14.7 Å². The summed E-state index contributed by atoms with van der Waals surface area (Å²) in [6.07, 6.45) is 69.0. The van der Waals surface area contributed by atoms with Gasteiger partial charge >= 0.3 is 11.9 Å². The van der Waals surface area contributed by atoms with Gasteiger partial charge in [-0.05, 0) is 64.2 Å². The number of carbonyl (C=O) groups is 2. The van der Waals surface area contributed by atoms with Crippen molar-refractivity contribution in [3.05, 3.63) is 72.9 Å². The molecule has 0 heterocycles. The number of aliphatic hydroxyl groups excluding tert-OH is 1. The first-order chi connectivity index (χ1) is 29.6. The summed E-state index contributed by atoms with van der Waals surface area (Å²) in [6, 6.07) is 0. The molecule has 0 aromatic heterocycles. The fraction of sp³-hybridized carbons (Fsp3) is 0.745. The number of carbonyl (C=O) groups excluding carboxylic acids is 2. The first-order valence-electron chi connectivity index (χ1n) is 25.5. The van der Waals surface area contributed by atoms with Crippen molar-refractivity contribution in [3.63, 3.8) is 0 Å². The molecular weight excluding hydrogens is 741 g/mol. The molecule has 1 atom stereocenters. The molecular formula is C55H96O5. The Balaban J connectivity index is 3.40. The molecule has 1 unspecified atom stereocenters. The van der Waals surface area contributed by atoms with Crippen LogP contribution in [-0.4, -0.2) is 36.4 Å². The van der Waals surface area contributed by atoms with Gasteiger partial charge in [0.2, 0.25) is 0 Å². The van der Waals surface area contributed by atoms with E-state index in [1.54, 1.807) is 0 Å². The number of esters is 2. The van der Waals surface area contributed by atoms with Crippen molar-refractivity contribution < 1.29 is 24.2 Å².